The molecule has 0 amide bonds. The fourth-order valence-electron chi connectivity index (χ4n) is 1.34. The Morgan fingerprint density at radius 1 is 0.812 bits per heavy atom. The van der Waals surface area contributed by atoms with E-state index in [1.165, 1.54) is 0 Å². The first-order chi connectivity index (χ1) is 7.35. The molecule has 2 unspecified atom stereocenters. The SMILES string of the molecule is ClCC(Cl)CCCCCC(Cl)CC(Cl)(Cl)Cl. The van der Waals surface area contributed by atoms with Crippen LogP contribution in [0.3, 0.4) is 0 Å². The van der Waals surface area contributed by atoms with Crippen LogP contribution in [-0.2, 0) is 0 Å². The zero-order chi connectivity index (χ0) is 12.6. The topological polar surface area (TPSA) is 0 Å². The van der Waals surface area contributed by atoms with Crippen LogP contribution in [0.2, 0.25) is 0 Å². The van der Waals surface area contributed by atoms with Gasteiger partial charge in [-0.25, -0.2) is 0 Å². The van der Waals surface area contributed by atoms with E-state index < -0.39 is 3.79 Å². The van der Waals surface area contributed by atoms with Gasteiger partial charge in [-0.15, -0.1) is 34.8 Å². The number of unbranched alkanes of at least 4 members (excludes halogenated alkanes) is 2. The Kier molecular flexibility index (Phi) is 10.7. The van der Waals surface area contributed by atoms with Crippen LogP contribution in [0.4, 0.5) is 0 Å². The highest BCUT2D eigenvalue weighted by atomic mass is 35.6. The maximum absolute atomic E-state index is 6.03. The molecule has 0 aromatic carbocycles. The van der Waals surface area contributed by atoms with Gasteiger partial charge in [0.05, 0.1) is 0 Å². The minimum Gasteiger partial charge on any atom is -0.125 e. The van der Waals surface area contributed by atoms with Crippen molar-refractivity contribution in [3.63, 3.8) is 0 Å². The van der Waals surface area contributed by atoms with Crippen molar-refractivity contribution in [2.75, 3.05) is 5.88 Å². The Labute approximate surface area is 128 Å². The molecule has 0 rings (SSSR count). The summed E-state index contributed by atoms with van der Waals surface area (Å²) in [6.07, 6.45) is 5.38. The van der Waals surface area contributed by atoms with Crippen molar-refractivity contribution in [3.8, 4) is 0 Å². The molecular weight excluding hydrogens is 333 g/mol. The first kappa shape index (κ1) is 17.7. The molecule has 0 saturated heterocycles. The van der Waals surface area contributed by atoms with Crippen LogP contribution in [0.1, 0.15) is 38.5 Å². The summed E-state index contributed by atoms with van der Waals surface area (Å²) >= 11 is 34.4. The third kappa shape index (κ3) is 12.2. The highest BCUT2D eigenvalue weighted by molar-refractivity contribution is 6.67. The van der Waals surface area contributed by atoms with E-state index in [0.717, 1.165) is 32.1 Å². The molecule has 0 aliphatic rings. The van der Waals surface area contributed by atoms with E-state index in [-0.39, 0.29) is 10.8 Å². The summed E-state index contributed by atoms with van der Waals surface area (Å²) in [7, 11) is 0. The average Bonchev–Trinajstić information content (AvgIpc) is 2.14. The largest absolute Gasteiger partial charge is 0.192 e. The lowest BCUT2D eigenvalue weighted by Gasteiger charge is -2.15. The van der Waals surface area contributed by atoms with E-state index in [2.05, 4.69) is 0 Å². The second-order valence-corrected chi connectivity index (χ2v) is 7.87. The summed E-state index contributed by atoms with van der Waals surface area (Å²) in [6.45, 7) is 0. The van der Waals surface area contributed by atoms with Gasteiger partial charge in [-0.1, -0.05) is 54.1 Å². The van der Waals surface area contributed by atoms with Gasteiger partial charge >= 0.3 is 0 Å². The lowest BCUT2D eigenvalue weighted by Crippen LogP contribution is -2.11. The summed E-state index contributed by atoms with van der Waals surface area (Å²) in [5.74, 6) is 0.507. The zero-order valence-corrected chi connectivity index (χ0v) is 13.4. The zero-order valence-electron chi connectivity index (χ0n) is 8.87. The van der Waals surface area contributed by atoms with Gasteiger partial charge in [-0.3, -0.25) is 0 Å². The Hall–Kier alpha value is 1.74. The fourth-order valence-corrected chi connectivity index (χ4v) is 2.83. The molecule has 0 aromatic rings. The van der Waals surface area contributed by atoms with E-state index in [1.54, 1.807) is 0 Å². The van der Waals surface area contributed by atoms with Crippen molar-refractivity contribution in [2.24, 2.45) is 0 Å². The van der Waals surface area contributed by atoms with Gasteiger partial charge < -0.3 is 0 Å². The van der Waals surface area contributed by atoms with Crippen molar-refractivity contribution in [1.82, 2.24) is 0 Å². The number of alkyl halides is 6. The standard InChI is InChI=1S/C10H16Cl6/c11-7-9(13)5-3-1-2-4-8(12)6-10(14,15)16/h8-9H,1-7H2. The van der Waals surface area contributed by atoms with Crippen molar-refractivity contribution in [1.29, 1.82) is 0 Å². The highest BCUT2D eigenvalue weighted by Crippen LogP contribution is 2.34. The van der Waals surface area contributed by atoms with Gasteiger partial charge in [0.2, 0.25) is 0 Å². The number of hydrogen-bond acceptors (Lipinski definition) is 0. The molecule has 0 N–H and O–H groups in total. The lowest BCUT2D eigenvalue weighted by molar-refractivity contribution is 0.585. The van der Waals surface area contributed by atoms with Crippen LogP contribution in [0.25, 0.3) is 0 Å². The molecule has 0 aliphatic heterocycles. The van der Waals surface area contributed by atoms with E-state index >= 15 is 0 Å². The quantitative estimate of drug-likeness (QED) is 0.364. The number of halogens is 6. The Bertz CT molecular complexity index is 167. The average molecular weight is 349 g/mol. The predicted molar refractivity (Wildman–Crippen MR) is 78.0 cm³/mol. The maximum Gasteiger partial charge on any atom is 0.192 e. The minimum absolute atomic E-state index is 0.0766. The van der Waals surface area contributed by atoms with E-state index in [0.29, 0.717) is 12.3 Å². The molecule has 0 saturated carbocycles. The number of hydrogen-bond donors (Lipinski definition) is 0. The molecule has 0 aliphatic carbocycles. The monoisotopic (exact) mass is 346 g/mol. The second-order valence-electron chi connectivity index (χ2n) is 3.81. The molecule has 0 aromatic heterocycles. The third-order valence-corrected chi connectivity index (χ3v) is 3.89. The molecule has 0 heterocycles. The van der Waals surface area contributed by atoms with Gasteiger partial charge in [-0.2, -0.15) is 0 Å². The summed E-state index contributed by atoms with van der Waals surface area (Å²) in [5, 5.41) is 0.00182. The summed E-state index contributed by atoms with van der Waals surface area (Å²) in [4.78, 5) is 0. The van der Waals surface area contributed by atoms with Gasteiger partial charge in [0.25, 0.3) is 0 Å². The molecule has 0 fully saturated rings. The van der Waals surface area contributed by atoms with Crippen LogP contribution in [-0.4, -0.2) is 20.4 Å². The summed E-state index contributed by atoms with van der Waals surface area (Å²) in [6, 6.07) is 0. The van der Waals surface area contributed by atoms with Crippen molar-refractivity contribution >= 4 is 69.6 Å². The molecule has 98 valence electrons. The fraction of sp³-hybridized carbons (Fsp3) is 1.00. The van der Waals surface area contributed by atoms with E-state index in [4.69, 9.17) is 69.6 Å². The molecule has 0 radical (unpaired) electrons. The summed E-state index contributed by atoms with van der Waals surface area (Å²) in [5.41, 5.74) is 0. The van der Waals surface area contributed by atoms with Crippen LogP contribution >= 0.6 is 69.6 Å². The molecule has 0 spiro atoms. The molecule has 6 heteroatoms. The smallest absolute Gasteiger partial charge is 0.125 e. The molecule has 16 heavy (non-hydrogen) atoms. The van der Waals surface area contributed by atoms with Gasteiger partial charge in [0.1, 0.15) is 0 Å². The summed E-state index contributed by atoms with van der Waals surface area (Å²) < 4.78 is -1.24. The van der Waals surface area contributed by atoms with Crippen molar-refractivity contribution in [3.05, 3.63) is 0 Å². The Balaban J connectivity index is 3.38. The first-order valence-electron chi connectivity index (χ1n) is 5.26. The van der Waals surface area contributed by atoms with Crippen molar-refractivity contribution in [2.45, 2.75) is 53.1 Å². The maximum atomic E-state index is 6.03. The van der Waals surface area contributed by atoms with Gasteiger partial charge in [0, 0.05) is 23.1 Å². The molecule has 0 bridgehead atoms. The minimum atomic E-state index is -1.24. The molecule has 0 nitrogen and oxygen atoms in total. The Morgan fingerprint density at radius 3 is 1.75 bits per heavy atom. The van der Waals surface area contributed by atoms with Crippen LogP contribution in [0.5, 0.6) is 0 Å². The second kappa shape index (κ2) is 9.64. The van der Waals surface area contributed by atoms with Crippen LogP contribution in [0.15, 0.2) is 0 Å². The number of rotatable bonds is 8. The van der Waals surface area contributed by atoms with Crippen molar-refractivity contribution < 1.29 is 0 Å². The molecule has 2 atom stereocenters. The van der Waals surface area contributed by atoms with E-state index in [1.807, 2.05) is 0 Å². The van der Waals surface area contributed by atoms with E-state index in [9.17, 15) is 0 Å². The highest BCUT2D eigenvalue weighted by Gasteiger charge is 2.23. The van der Waals surface area contributed by atoms with Gasteiger partial charge in [-0.05, 0) is 12.8 Å². The Morgan fingerprint density at radius 2 is 1.31 bits per heavy atom. The van der Waals surface area contributed by atoms with Gasteiger partial charge in [0.15, 0.2) is 3.79 Å². The first-order valence-corrected chi connectivity index (χ1v) is 7.80. The molecular formula is C10H16Cl6. The normalized spacial score (nSPS) is 16.1. The predicted octanol–water partition coefficient (Wildman–Crippen LogP) is 6.15. The van der Waals surface area contributed by atoms with Crippen LogP contribution < -0.4 is 0 Å². The third-order valence-electron chi connectivity index (χ3n) is 2.16. The lowest BCUT2D eigenvalue weighted by atomic mass is 10.1. The van der Waals surface area contributed by atoms with Crippen LogP contribution in [0, 0.1) is 0 Å².